The van der Waals surface area contributed by atoms with Gasteiger partial charge in [0, 0.05) is 4.90 Å². The van der Waals surface area contributed by atoms with Crippen LogP contribution in [-0.4, -0.2) is 0 Å². The van der Waals surface area contributed by atoms with Crippen LogP contribution in [0.1, 0.15) is 11.5 Å². The number of benzene rings is 1. The summed E-state index contributed by atoms with van der Waals surface area (Å²) in [6.45, 7) is 1.73. The van der Waals surface area contributed by atoms with Gasteiger partial charge in [-0.1, -0.05) is 18.2 Å². The molecule has 0 atom stereocenters. The summed E-state index contributed by atoms with van der Waals surface area (Å²) in [5, 5.41) is 0. The second-order valence-corrected chi connectivity index (χ2v) is 4.08. The maximum atomic E-state index is 10.8. The zero-order valence-electron chi connectivity index (χ0n) is 8.23. The fourth-order valence-corrected chi connectivity index (χ4v) is 2.08. The summed E-state index contributed by atoms with van der Waals surface area (Å²) < 4.78 is 9.66. The molecule has 78 valence electrons. The van der Waals surface area contributed by atoms with E-state index >= 15 is 0 Å². The normalized spacial score (nSPS) is 10.5. The maximum Gasteiger partial charge on any atom is 0.519 e. The fourth-order valence-electron chi connectivity index (χ4n) is 1.17. The first-order valence-electron chi connectivity index (χ1n) is 4.53. The molecule has 0 fully saturated rings. The number of thioether (sulfide) groups is 1. The Kier molecular flexibility index (Phi) is 2.97. The van der Waals surface area contributed by atoms with E-state index in [0.717, 1.165) is 4.90 Å². The molecule has 0 saturated carbocycles. The Hall–Kier alpha value is -1.42. The molecule has 0 aliphatic carbocycles. The standard InChI is InChI=1S/C11H10O3S/c1-8-10(14-11(12)13-8)7-15-9-5-3-2-4-6-9/h2-6H,7H2,1H3. The van der Waals surface area contributed by atoms with Crippen molar-refractivity contribution in [1.29, 1.82) is 0 Å². The van der Waals surface area contributed by atoms with Crippen molar-refractivity contribution in [3.05, 3.63) is 52.5 Å². The van der Waals surface area contributed by atoms with Crippen LogP contribution in [0.3, 0.4) is 0 Å². The van der Waals surface area contributed by atoms with Gasteiger partial charge in [0.05, 0.1) is 5.75 Å². The van der Waals surface area contributed by atoms with Crippen molar-refractivity contribution in [3.8, 4) is 0 Å². The Morgan fingerprint density at radius 2 is 1.93 bits per heavy atom. The highest BCUT2D eigenvalue weighted by molar-refractivity contribution is 7.98. The lowest BCUT2D eigenvalue weighted by molar-refractivity contribution is 0.372. The van der Waals surface area contributed by atoms with E-state index in [1.807, 2.05) is 30.3 Å². The van der Waals surface area contributed by atoms with Gasteiger partial charge in [0.1, 0.15) is 5.76 Å². The molecule has 4 heteroatoms. The average Bonchev–Trinajstić information content (AvgIpc) is 2.56. The van der Waals surface area contributed by atoms with Crippen molar-refractivity contribution < 1.29 is 8.83 Å². The van der Waals surface area contributed by atoms with Gasteiger partial charge in [-0.25, -0.2) is 4.79 Å². The smallest absolute Gasteiger partial charge is 0.396 e. The minimum Gasteiger partial charge on any atom is -0.396 e. The van der Waals surface area contributed by atoms with Gasteiger partial charge in [0.15, 0.2) is 5.76 Å². The van der Waals surface area contributed by atoms with E-state index in [1.165, 1.54) is 0 Å². The third-order valence-corrected chi connectivity index (χ3v) is 2.96. The fraction of sp³-hybridized carbons (Fsp3) is 0.182. The molecule has 0 bridgehead atoms. The summed E-state index contributed by atoms with van der Waals surface area (Å²) in [5.41, 5.74) is 0. The van der Waals surface area contributed by atoms with E-state index in [2.05, 4.69) is 0 Å². The monoisotopic (exact) mass is 222 g/mol. The van der Waals surface area contributed by atoms with Crippen LogP contribution in [0.5, 0.6) is 0 Å². The number of aryl methyl sites for hydroxylation is 1. The van der Waals surface area contributed by atoms with E-state index in [9.17, 15) is 4.79 Å². The van der Waals surface area contributed by atoms with Crippen LogP contribution in [0.4, 0.5) is 0 Å². The zero-order valence-corrected chi connectivity index (χ0v) is 9.04. The Balaban J connectivity index is 2.05. The molecule has 0 amide bonds. The van der Waals surface area contributed by atoms with Gasteiger partial charge in [-0.05, 0) is 19.1 Å². The third-order valence-electron chi connectivity index (χ3n) is 1.95. The van der Waals surface area contributed by atoms with Crippen LogP contribution in [0, 0.1) is 6.92 Å². The first-order valence-corrected chi connectivity index (χ1v) is 5.51. The van der Waals surface area contributed by atoms with Crippen molar-refractivity contribution in [2.45, 2.75) is 17.6 Å². The number of hydrogen-bond acceptors (Lipinski definition) is 4. The summed E-state index contributed by atoms with van der Waals surface area (Å²) in [7, 11) is 0. The van der Waals surface area contributed by atoms with E-state index < -0.39 is 5.82 Å². The molecule has 3 nitrogen and oxygen atoms in total. The van der Waals surface area contributed by atoms with Crippen molar-refractivity contribution in [3.63, 3.8) is 0 Å². The highest BCUT2D eigenvalue weighted by Gasteiger charge is 2.08. The molecule has 1 aromatic heterocycles. The molecular weight excluding hydrogens is 212 g/mol. The Bertz CT molecular complexity index is 484. The molecule has 0 aliphatic heterocycles. The first kappa shape index (κ1) is 10.1. The summed E-state index contributed by atoms with van der Waals surface area (Å²) in [5.74, 6) is 1.15. The molecule has 1 aromatic carbocycles. The molecule has 0 N–H and O–H groups in total. The minimum atomic E-state index is -0.629. The lowest BCUT2D eigenvalue weighted by atomic mass is 10.4. The number of rotatable bonds is 3. The molecule has 2 aromatic rings. The van der Waals surface area contributed by atoms with Crippen molar-refractivity contribution in [2.24, 2.45) is 0 Å². The van der Waals surface area contributed by atoms with Crippen molar-refractivity contribution in [2.75, 3.05) is 0 Å². The highest BCUT2D eigenvalue weighted by Crippen LogP contribution is 2.23. The SMILES string of the molecule is Cc1oc(=O)oc1CSc1ccccc1. The van der Waals surface area contributed by atoms with E-state index in [-0.39, 0.29) is 0 Å². The molecule has 1 heterocycles. The summed E-state index contributed by atoms with van der Waals surface area (Å²) in [6, 6.07) is 9.94. The molecule has 0 radical (unpaired) electrons. The van der Waals surface area contributed by atoms with Gasteiger partial charge >= 0.3 is 5.82 Å². The van der Waals surface area contributed by atoms with Crippen LogP contribution in [0.15, 0.2) is 48.9 Å². The zero-order chi connectivity index (χ0) is 10.7. The van der Waals surface area contributed by atoms with Crippen LogP contribution in [0.2, 0.25) is 0 Å². The molecular formula is C11H10O3S. The maximum absolute atomic E-state index is 10.8. The van der Waals surface area contributed by atoms with Crippen LogP contribution in [-0.2, 0) is 5.75 Å². The largest absolute Gasteiger partial charge is 0.519 e. The van der Waals surface area contributed by atoms with E-state index in [1.54, 1.807) is 18.7 Å². The van der Waals surface area contributed by atoms with Crippen LogP contribution >= 0.6 is 11.8 Å². The summed E-state index contributed by atoms with van der Waals surface area (Å²) >= 11 is 1.61. The lowest BCUT2D eigenvalue weighted by Gasteiger charge is -1.97. The molecule has 0 saturated heterocycles. The molecule has 15 heavy (non-hydrogen) atoms. The second-order valence-electron chi connectivity index (χ2n) is 3.04. The first-order chi connectivity index (χ1) is 7.25. The highest BCUT2D eigenvalue weighted by atomic mass is 32.2. The molecule has 0 aliphatic rings. The topological polar surface area (TPSA) is 43.4 Å². The summed E-state index contributed by atoms with van der Waals surface area (Å²) in [6.07, 6.45) is 0. The molecule has 0 unspecified atom stereocenters. The predicted octanol–water partition coefficient (Wildman–Crippen LogP) is 2.83. The lowest BCUT2D eigenvalue weighted by Crippen LogP contribution is -1.86. The van der Waals surface area contributed by atoms with Crippen LogP contribution < -0.4 is 5.82 Å². The van der Waals surface area contributed by atoms with Gasteiger partial charge in [-0.3, -0.25) is 0 Å². The van der Waals surface area contributed by atoms with Crippen molar-refractivity contribution >= 4 is 11.8 Å². The molecule has 0 spiro atoms. The minimum absolute atomic E-state index is 0.559. The Morgan fingerprint density at radius 3 is 2.53 bits per heavy atom. The van der Waals surface area contributed by atoms with Crippen molar-refractivity contribution in [1.82, 2.24) is 0 Å². The van der Waals surface area contributed by atoms with Gasteiger partial charge < -0.3 is 8.83 Å². The third kappa shape index (κ3) is 2.53. The van der Waals surface area contributed by atoms with Gasteiger partial charge in [-0.15, -0.1) is 11.8 Å². The van der Waals surface area contributed by atoms with Gasteiger partial charge in [0.2, 0.25) is 0 Å². The molecule has 2 rings (SSSR count). The Morgan fingerprint density at radius 1 is 1.20 bits per heavy atom. The second kappa shape index (κ2) is 4.40. The predicted molar refractivity (Wildman–Crippen MR) is 58.0 cm³/mol. The van der Waals surface area contributed by atoms with E-state index in [4.69, 9.17) is 8.83 Å². The average molecular weight is 222 g/mol. The van der Waals surface area contributed by atoms with E-state index in [0.29, 0.717) is 17.3 Å². The number of hydrogen-bond donors (Lipinski definition) is 0. The van der Waals surface area contributed by atoms with Crippen LogP contribution in [0.25, 0.3) is 0 Å². The Labute approximate surface area is 91.1 Å². The van der Waals surface area contributed by atoms with Gasteiger partial charge in [-0.2, -0.15) is 0 Å². The van der Waals surface area contributed by atoms with Gasteiger partial charge in [0.25, 0.3) is 0 Å². The quantitative estimate of drug-likeness (QED) is 0.749. The summed E-state index contributed by atoms with van der Waals surface area (Å²) in [4.78, 5) is 11.9.